The molecule has 0 aromatic carbocycles. The third-order valence-corrected chi connectivity index (χ3v) is 1.80. The second-order valence-corrected chi connectivity index (χ2v) is 2.56. The first-order chi connectivity index (χ1) is 4.83. The Kier molecular flexibility index (Phi) is 2.27. The first kappa shape index (κ1) is 7.07. The molecule has 0 radical (unpaired) electrons. The molecule has 0 unspecified atom stereocenters. The lowest BCUT2D eigenvalue weighted by atomic mass is 10.3. The van der Waals surface area contributed by atoms with Gasteiger partial charge in [-0.25, -0.2) is 5.32 Å². The molecule has 0 aromatic rings. The number of hydrogen-bond donors (Lipinski definition) is 1. The molecule has 0 aliphatic heterocycles. The van der Waals surface area contributed by atoms with E-state index in [1.54, 1.807) is 0 Å². The van der Waals surface area contributed by atoms with Gasteiger partial charge >= 0.3 is 6.03 Å². The highest BCUT2D eigenvalue weighted by Gasteiger charge is 2.22. The maximum atomic E-state index is 10.6. The zero-order valence-corrected chi connectivity index (χ0v) is 5.84. The van der Waals surface area contributed by atoms with Gasteiger partial charge in [-0.1, -0.05) is 0 Å². The van der Waals surface area contributed by atoms with Gasteiger partial charge in [0.15, 0.2) is 0 Å². The van der Waals surface area contributed by atoms with Gasteiger partial charge in [0, 0.05) is 0 Å². The predicted octanol–water partition coefficient (Wildman–Crippen LogP) is 1.60. The van der Waals surface area contributed by atoms with Crippen molar-refractivity contribution >= 4 is 6.03 Å². The van der Waals surface area contributed by atoms with Crippen molar-refractivity contribution in [3.05, 3.63) is 4.85 Å². The molecule has 0 saturated heterocycles. The molecule has 54 valence electrons. The van der Waals surface area contributed by atoms with Gasteiger partial charge < -0.3 is 0 Å². The van der Waals surface area contributed by atoms with Crippen molar-refractivity contribution in [2.24, 2.45) is 0 Å². The number of rotatable bonds is 1. The lowest BCUT2D eigenvalue weighted by Crippen LogP contribution is -2.29. The van der Waals surface area contributed by atoms with Crippen LogP contribution in [0.15, 0.2) is 0 Å². The van der Waals surface area contributed by atoms with E-state index in [1.165, 1.54) is 12.8 Å². The molecule has 1 aliphatic rings. The van der Waals surface area contributed by atoms with Crippen LogP contribution < -0.4 is 5.32 Å². The molecule has 0 aromatic heterocycles. The van der Waals surface area contributed by atoms with E-state index in [9.17, 15) is 4.79 Å². The molecule has 1 fully saturated rings. The van der Waals surface area contributed by atoms with Gasteiger partial charge in [0.1, 0.15) is 6.57 Å². The summed E-state index contributed by atoms with van der Waals surface area (Å²) in [4.78, 5) is 13.6. The summed E-state index contributed by atoms with van der Waals surface area (Å²) in [6, 6.07) is -0.0771. The van der Waals surface area contributed by atoms with Gasteiger partial charge in [-0.3, -0.25) is 0 Å². The number of carbonyl (C=O) groups is 1. The van der Waals surface area contributed by atoms with E-state index in [0.29, 0.717) is 6.04 Å². The van der Waals surface area contributed by atoms with Crippen molar-refractivity contribution in [1.29, 1.82) is 0 Å². The quantitative estimate of drug-likeness (QED) is 0.588. The Morgan fingerprint density at radius 2 is 2.10 bits per heavy atom. The molecule has 3 nitrogen and oxygen atoms in total. The Morgan fingerprint density at radius 3 is 2.60 bits per heavy atom. The van der Waals surface area contributed by atoms with Crippen LogP contribution in [0.1, 0.15) is 25.7 Å². The average Bonchev–Trinajstić information content (AvgIpc) is 2.40. The maximum absolute atomic E-state index is 10.6. The van der Waals surface area contributed by atoms with Crippen molar-refractivity contribution in [2.75, 3.05) is 0 Å². The lowest BCUT2D eigenvalue weighted by Gasteiger charge is -1.98. The third kappa shape index (κ3) is 1.73. The van der Waals surface area contributed by atoms with Gasteiger partial charge in [-0.05, 0) is 25.7 Å². The molecule has 2 amide bonds. The van der Waals surface area contributed by atoms with Crippen molar-refractivity contribution in [3.63, 3.8) is 0 Å². The zero-order valence-electron chi connectivity index (χ0n) is 5.84. The SMILES string of the molecule is C#[N+]C(=O)NC1CCCC1. The van der Waals surface area contributed by atoms with Gasteiger partial charge in [0.25, 0.3) is 0 Å². The van der Waals surface area contributed by atoms with Crippen LogP contribution in [0, 0.1) is 6.57 Å². The third-order valence-electron chi connectivity index (χ3n) is 1.80. The van der Waals surface area contributed by atoms with Crippen molar-refractivity contribution in [1.82, 2.24) is 5.32 Å². The van der Waals surface area contributed by atoms with Gasteiger partial charge in [-0.15, -0.1) is 4.85 Å². The van der Waals surface area contributed by atoms with Crippen LogP contribution in [-0.4, -0.2) is 12.1 Å². The number of nitrogens with one attached hydrogen (secondary N) is 1. The summed E-state index contributed by atoms with van der Waals surface area (Å²) in [6.07, 6.45) is 4.55. The largest absolute Gasteiger partial charge is 0.597 e. The second kappa shape index (κ2) is 3.21. The summed E-state index contributed by atoms with van der Waals surface area (Å²) >= 11 is 0. The van der Waals surface area contributed by atoms with Gasteiger partial charge in [0.05, 0.1) is 6.04 Å². The molecular weight excluding hydrogens is 128 g/mol. The fraction of sp³-hybridized carbons (Fsp3) is 0.714. The summed E-state index contributed by atoms with van der Waals surface area (Å²) in [5, 5.41) is 2.70. The fourth-order valence-corrected chi connectivity index (χ4v) is 1.28. The first-order valence-electron chi connectivity index (χ1n) is 3.54. The summed E-state index contributed by atoms with van der Waals surface area (Å²) in [5.74, 6) is 0. The van der Waals surface area contributed by atoms with Crippen LogP contribution in [0.5, 0.6) is 0 Å². The van der Waals surface area contributed by atoms with Crippen LogP contribution in [0.2, 0.25) is 0 Å². The molecule has 3 heteroatoms. The minimum Gasteiger partial charge on any atom is -0.220 e. The molecule has 1 aliphatic carbocycles. The monoisotopic (exact) mass is 139 g/mol. The van der Waals surface area contributed by atoms with Crippen LogP contribution >= 0.6 is 0 Å². The minimum absolute atomic E-state index is 0.319. The Bertz CT molecular complexity index is 165. The predicted molar refractivity (Wildman–Crippen MR) is 39.1 cm³/mol. The van der Waals surface area contributed by atoms with E-state index >= 15 is 0 Å². The summed E-state index contributed by atoms with van der Waals surface area (Å²) in [6.45, 7) is 4.76. The van der Waals surface area contributed by atoms with Crippen LogP contribution in [0.3, 0.4) is 0 Å². The molecule has 0 bridgehead atoms. The summed E-state index contributed by atoms with van der Waals surface area (Å²) < 4.78 is 0. The van der Waals surface area contributed by atoms with Crippen molar-refractivity contribution < 1.29 is 4.79 Å². The van der Waals surface area contributed by atoms with E-state index in [-0.39, 0.29) is 0 Å². The normalized spacial score (nSPS) is 18.3. The molecule has 0 spiro atoms. The molecule has 1 saturated carbocycles. The minimum atomic E-state index is -0.396. The second-order valence-electron chi connectivity index (χ2n) is 2.56. The highest BCUT2D eigenvalue weighted by Crippen LogP contribution is 2.17. The molecule has 10 heavy (non-hydrogen) atoms. The van der Waals surface area contributed by atoms with Crippen LogP contribution in [-0.2, 0) is 0 Å². The first-order valence-corrected chi connectivity index (χ1v) is 3.54. The average molecular weight is 139 g/mol. The lowest BCUT2D eigenvalue weighted by molar-refractivity contribution is 0.251. The Morgan fingerprint density at radius 1 is 1.50 bits per heavy atom. The fourth-order valence-electron chi connectivity index (χ4n) is 1.28. The topological polar surface area (TPSA) is 33.5 Å². The molecule has 0 heterocycles. The number of amides is 2. The van der Waals surface area contributed by atoms with Gasteiger partial charge in [0.2, 0.25) is 0 Å². The number of urea groups is 1. The number of nitrogens with zero attached hydrogens (tertiary/aromatic N) is 1. The van der Waals surface area contributed by atoms with E-state index in [2.05, 4.69) is 10.2 Å². The zero-order chi connectivity index (χ0) is 7.40. The number of hydrogen-bond acceptors (Lipinski definition) is 1. The van der Waals surface area contributed by atoms with Crippen molar-refractivity contribution in [3.8, 4) is 6.57 Å². The Labute approximate surface area is 60.2 Å². The molecule has 1 rings (SSSR count). The Balaban J connectivity index is 2.25. The standard InChI is InChI=1S/C7H10N2O/c1-8-7(10)9-6-4-2-3-5-6/h1,6H,2-5H2/p+1. The summed E-state index contributed by atoms with van der Waals surface area (Å²) in [7, 11) is 0. The van der Waals surface area contributed by atoms with Gasteiger partial charge in [-0.2, -0.15) is 4.79 Å². The molecule has 1 N–H and O–H groups in total. The van der Waals surface area contributed by atoms with Crippen LogP contribution in [0.25, 0.3) is 4.85 Å². The molecule has 0 atom stereocenters. The van der Waals surface area contributed by atoms with Crippen LogP contribution in [0.4, 0.5) is 4.79 Å². The highest BCUT2D eigenvalue weighted by molar-refractivity contribution is 5.84. The maximum Gasteiger partial charge on any atom is 0.597 e. The van der Waals surface area contributed by atoms with E-state index < -0.39 is 6.03 Å². The van der Waals surface area contributed by atoms with E-state index in [1.807, 2.05) is 0 Å². The van der Waals surface area contributed by atoms with E-state index in [4.69, 9.17) is 6.57 Å². The van der Waals surface area contributed by atoms with E-state index in [0.717, 1.165) is 12.8 Å². The van der Waals surface area contributed by atoms with Crippen molar-refractivity contribution in [2.45, 2.75) is 31.7 Å². The Hall–Kier alpha value is -1.04. The smallest absolute Gasteiger partial charge is 0.220 e. The number of carbonyl (C=O) groups excluding carboxylic acids is 1. The molecular formula is C7H11N2O+. The highest BCUT2D eigenvalue weighted by atomic mass is 16.2. The summed E-state index contributed by atoms with van der Waals surface area (Å²) in [5.41, 5.74) is 0.